The molecule has 0 saturated carbocycles. The van der Waals surface area contributed by atoms with Gasteiger partial charge < -0.3 is 4.74 Å². The smallest absolute Gasteiger partial charge is 0.193 e. The summed E-state index contributed by atoms with van der Waals surface area (Å²) in [6, 6.07) is 1.17. The molecule has 3 nitrogen and oxygen atoms in total. The highest BCUT2D eigenvalue weighted by Crippen LogP contribution is 2.13. The van der Waals surface area contributed by atoms with E-state index in [1.54, 1.807) is 0 Å². The van der Waals surface area contributed by atoms with Crippen LogP contribution in [0.1, 0.15) is 24.2 Å². The van der Waals surface area contributed by atoms with E-state index < -0.39 is 11.9 Å². The van der Waals surface area contributed by atoms with Crippen molar-refractivity contribution in [3.63, 3.8) is 0 Å². The number of methoxy groups -OCH3 is 1. The molecule has 0 aromatic carbocycles. The summed E-state index contributed by atoms with van der Waals surface area (Å²) in [5, 5.41) is 0. The summed E-state index contributed by atoms with van der Waals surface area (Å²) < 4.78 is 17.9. The number of aromatic nitrogens is 1. The summed E-state index contributed by atoms with van der Waals surface area (Å²) >= 11 is 0. The number of pyridine rings is 1. The second kappa shape index (κ2) is 4.98. The van der Waals surface area contributed by atoms with Crippen LogP contribution >= 0.6 is 0 Å². The molecule has 0 aliphatic carbocycles. The molecule has 0 radical (unpaired) electrons. The molecule has 1 rings (SSSR count). The van der Waals surface area contributed by atoms with Gasteiger partial charge in [0.25, 0.3) is 0 Å². The number of ether oxygens (including phenoxy) is 1. The normalized spacial score (nSPS) is 12.9. The highest BCUT2D eigenvalue weighted by atomic mass is 19.1. The quantitative estimate of drug-likeness (QED) is 0.716. The second-order valence-corrected chi connectivity index (χ2v) is 3.66. The Kier molecular flexibility index (Phi) is 3.91. The van der Waals surface area contributed by atoms with Gasteiger partial charge in [0, 0.05) is 18.9 Å². The number of carbonyl (C=O) groups excluding carboxylic acids is 1. The van der Waals surface area contributed by atoms with E-state index in [9.17, 15) is 9.18 Å². The molecule has 0 spiro atoms. The van der Waals surface area contributed by atoms with E-state index in [1.165, 1.54) is 19.4 Å². The first-order valence-corrected chi connectivity index (χ1v) is 4.73. The zero-order valence-corrected chi connectivity index (χ0v) is 9.03. The molecular weight excluding hydrogens is 197 g/mol. The molecule has 82 valence electrons. The van der Waals surface area contributed by atoms with Crippen molar-refractivity contribution in [3.05, 3.63) is 29.8 Å². The molecule has 4 heteroatoms. The molecular formula is C11H14FNO2. The van der Waals surface area contributed by atoms with Gasteiger partial charge in [-0.05, 0) is 12.0 Å². The minimum Gasteiger partial charge on any atom is -0.373 e. The van der Waals surface area contributed by atoms with Crippen LogP contribution in [0.25, 0.3) is 0 Å². The Bertz CT molecular complexity index is 352. The van der Waals surface area contributed by atoms with Crippen LogP contribution in [0.5, 0.6) is 0 Å². The first-order valence-electron chi connectivity index (χ1n) is 4.73. The highest BCUT2D eigenvalue weighted by Gasteiger charge is 2.23. The number of ketones is 1. The van der Waals surface area contributed by atoms with E-state index >= 15 is 0 Å². The van der Waals surface area contributed by atoms with Gasteiger partial charge in [-0.1, -0.05) is 13.8 Å². The van der Waals surface area contributed by atoms with Gasteiger partial charge in [0.15, 0.2) is 5.78 Å². The molecule has 0 amide bonds. The van der Waals surface area contributed by atoms with Gasteiger partial charge in [0.2, 0.25) is 0 Å². The number of hydrogen-bond acceptors (Lipinski definition) is 3. The van der Waals surface area contributed by atoms with Crippen LogP contribution in [0.4, 0.5) is 4.39 Å². The van der Waals surface area contributed by atoms with Crippen molar-refractivity contribution >= 4 is 5.78 Å². The van der Waals surface area contributed by atoms with E-state index in [2.05, 4.69) is 4.98 Å². The highest BCUT2D eigenvalue weighted by molar-refractivity contribution is 5.99. The second-order valence-electron chi connectivity index (χ2n) is 3.66. The summed E-state index contributed by atoms with van der Waals surface area (Å²) in [6.45, 7) is 3.75. The lowest BCUT2D eigenvalue weighted by atomic mass is 9.99. The van der Waals surface area contributed by atoms with Crippen LogP contribution in [0.2, 0.25) is 0 Å². The van der Waals surface area contributed by atoms with Gasteiger partial charge in [-0.25, -0.2) is 4.39 Å². The molecule has 0 saturated heterocycles. The summed E-state index contributed by atoms with van der Waals surface area (Å²) in [5.41, 5.74) is 0.246. The Morgan fingerprint density at radius 3 is 2.60 bits per heavy atom. The summed E-state index contributed by atoms with van der Waals surface area (Å²) in [4.78, 5) is 15.5. The maximum Gasteiger partial charge on any atom is 0.193 e. The van der Waals surface area contributed by atoms with Crippen molar-refractivity contribution in [3.8, 4) is 0 Å². The van der Waals surface area contributed by atoms with Gasteiger partial charge in [-0.2, -0.15) is 0 Å². The van der Waals surface area contributed by atoms with Crippen molar-refractivity contribution in [2.24, 2.45) is 5.92 Å². The van der Waals surface area contributed by atoms with Gasteiger partial charge in [0.05, 0.1) is 6.20 Å². The van der Waals surface area contributed by atoms with E-state index in [0.29, 0.717) is 0 Å². The van der Waals surface area contributed by atoms with Crippen LogP contribution in [-0.4, -0.2) is 24.0 Å². The minimum atomic E-state index is -0.548. The fourth-order valence-corrected chi connectivity index (χ4v) is 1.39. The number of Topliss-reactive ketones (excluding diaryl/α,β-unsaturated/α-hetero) is 1. The van der Waals surface area contributed by atoms with Crippen molar-refractivity contribution in [1.82, 2.24) is 4.98 Å². The Hall–Kier alpha value is -1.29. The van der Waals surface area contributed by atoms with E-state index in [1.807, 2.05) is 13.8 Å². The number of carbonyl (C=O) groups is 1. The fraction of sp³-hybridized carbons (Fsp3) is 0.455. The molecule has 1 heterocycles. The largest absolute Gasteiger partial charge is 0.373 e. The Labute approximate surface area is 88.3 Å². The van der Waals surface area contributed by atoms with Crippen molar-refractivity contribution in [2.75, 3.05) is 7.11 Å². The average molecular weight is 211 g/mol. The first-order chi connectivity index (χ1) is 7.06. The minimum absolute atomic E-state index is 0.0470. The monoisotopic (exact) mass is 211 g/mol. The van der Waals surface area contributed by atoms with E-state index in [-0.39, 0.29) is 17.3 Å². The van der Waals surface area contributed by atoms with Crippen LogP contribution in [-0.2, 0) is 4.74 Å². The molecule has 1 aromatic heterocycles. The molecule has 1 unspecified atom stereocenters. The van der Waals surface area contributed by atoms with Gasteiger partial charge in [-0.3, -0.25) is 9.78 Å². The van der Waals surface area contributed by atoms with Crippen molar-refractivity contribution < 1.29 is 13.9 Å². The van der Waals surface area contributed by atoms with Gasteiger partial charge in [0.1, 0.15) is 11.9 Å². The fourth-order valence-electron chi connectivity index (χ4n) is 1.39. The maximum atomic E-state index is 12.8. The van der Waals surface area contributed by atoms with Crippen LogP contribution in [0.3, 0.4) is 0 Å². The topological polar surface area (TPSA) is 39.2 Å². The lowest BCUT2D eigenvalue weighted by molar-refractivity contribution is 0.0458. The average Bonchev–Trinajstić information content (AvgIpc) is 2.18. The SMILES string of the molecule is COC(C(=O)c1cncc(F)c1)C(C)C. The first kappa shape index (κ1) is 11.8. The number of halogens is 1. The molecule has 0 aliphatic heterocycles. The van der Waals surface area contributed by atoms with Crippen LogP contribution in [0, 0.1) is 11.7 Å². The predicted octanol–water partition coefficient (Wildman–Crippen LogP) is 2.07. The number of hydrogen-bond donors (Lipinski definition) is 0. The predicted molar refractivity (Wildman–Crippen MR) is 54.2 cm³/mol. The third-order valence-electron chi connectivity index (χ3n) is 2.11. The standard InChI is InChI=1S/C11H14FNO2/c1-7(2)11(15-3)10(14)8-4-9(12)6-13-5-8/h4-7,11H,1-3H3. The third-order valence-corrected chi connectivity index (χ3v) is 2.11. The zero-order chi connectivity index (χ0) is 11.4. The maximum absolute atomic E-state index is 12.8. The molecule has 15 heavy (non-hydrogen) atoms. The van der Waals surface area contributed by atoms with Crippen LogP contribution < -0.4 is 0 Å². The van der Waals surface area contributed by atoms with Gasteiger partial charge >= 0.3 is 0 Å². The van der Waals surface area contributed by atoms with E-state index in [0.717, 1.165) is 6.20 Å². The Balaban J connectivity index is 2.93. The Morgan fingerprint density at radius 1 is 1.47 bits per heavy atom. The summed E-state index contributed by atoms with van der Waals surface area (Å²) in [6.07, 6.45) is 1.86. The molecule has 0 bridgehead atoms. The molecule has 0 aliphatic rings. The van der Waals surface area contributed by atoms with E-state index in [4.69, 9.17) is 4.74 Å². The molecule has 1 atom stereocenters. The number of rotatable bonds is 4. The Morgan fingerprint density at radius 2 is 2.13 bits per heavy atom. The lowest BCUT2D eigenvalue weighted by Crippen LogP contribution is -2.28. The number of nitrogens with zero attached hydrogens (tertiary/aromatic N) is 1. The summed E-state index contributed by atoms with van der Waals surface area (Å²) in [7, 11) is 1.47. The molecule has 0 fully saturated rings. The van der Waals surface area contributed by atoms with Crippen molar-refractivity contribution in [1.29, 1.82) is 0 Å². The molecule has 0 N–H and O–H groups in total. The van der Waals surface area contributed by atoms with Crippen LogP contribution in [0.15, 0.2) is 18.5 Å². The summed E-state index contributed by atoms with van der Waals surface area (Å²) in [5.74, 6) is -0.704. The third kappa shape index (κ3) is 2.83. The zero-order valence-electron chi connectivity index (χ0n) is 9.03. The molecule has 1 aromatic rings. The van der Waals surface area contributed by atoms with Crippen molar-refractivity contribution in [2.45, 2.75) is 20.0 Å². The lowest BCUT2D eigenvalue weighted by Gasteiger charge is -2.17. The van der Waals surface area contributed by atoms with Gasteiger partial charge in [-0.15, -0.1) is 0 Å².